The average Bonchev–Trinajstić information content (AvgIpc) is 2.82. The lowest BCUT2D eigenvalue weighted by Crippen LogP contribution is -2.88. The summed E-state index contributed by atoms with van der Waals surface area (Å²) in [6.07, 6.45) is 0. The third-order valence-corrected chi connectivity index (χ3v) is 44.0. The van der Waals surface area contributed by atoms with Crippen LogP contribution in [0.15, 0.2) is 0 Å². The van der Waals surface area contributed by atoms with Crippen molar-refractivity contribution in [3.05, 3.63) is 0 Å². The Bertz CT molecular complexity index is 610. The Kier molecular flexibility index (Phi) is 47.0. The molecule has 20 heteroatoms. The van der Waals surface area contributed by atoms with Crippen LogP contribution in [0, 0.1) is 0 Å². The zero-order chi connectivity index (χ0) is 26.1. The van der Waals surface area contributed by atoms with Gasteiger partial charge in [0.25, 0.3) is 0 Å². The summed E-state index contributed by atoms with van der Waals surface area (Å²) in [7, 11) is -28.2. The zero-order valence-electron chi connectivity index (χ0n) is 22.6. The number of hydrogen-bond donors (Lipinski definition) is 0. The highest BCUT2D eigenvalue weighted by molar-refractivity contribution is 7.03. The average molecular weight is 906 g/mol. The van der Waals surface area contributed by atoms with Gasteiger partial charge in [-0.2, -0.15) is 0 Å². The Hall–Kier alpha value is 1.26. The van der Waals surface area contributed by atoms with Crippen molar-refractivity contribution in [2.75, 3.05) is 0 Å². The van der Waals surface area contributed by atoms with Crippen molar-refractivity contribution >= 4 is 70.4 Å². The van der Waals surface area contributed by atoms with Gasteiger partial charge in [0.05, 0.1) is 0 Å². The molecule has 0 amide bonds. The Balaban J connectivity index is -0.0000001000. The third-order valence-electron chi connectivity index (χ3n) is 7.20. The van der Waals surface area contributed by atoms with Gasteiger partial charge in [-0.25, -0.2) is 0 Å². The van der Waals surface area contributed by atoms with E-state index in [0.29, 0.717) is 48.4 Å². The van der Waals surface area contributed by atoms with E-state index in [9.17, 15) is 0 Å². The predicted octanol–water partition coefficient (Wildman–Crippen LogP) is 14.1. The lowest BCUT2D eigenvalue weighted by molar-refractivity contribution is -0.0285. The molecule has 6 saturated heterocycles. The molecule has 6 aliphatic heterocycles. The SMILES string of the molecule is C.C.C.C.C.C.C.C.C.C.C.C.C.C.C.C.CC[Si]12O[Si]3(CC)O[Si]4(CC)O[Si](CC)(O1)O[Si]1(CC)O[Si](CC)(O2)O[Si](CC)(O3)O[Si](CC)(O4)O1. The first-order valence-electron chi connectivity index (χ1n) is 13.4. The quantitative estimate of drug-likeness (QED) is 0.216. The lowest BCUT2D eigenvalue weighted by atomic mass is 11.0. The van der Waals surface area contributed by atoms with Gasteiger partial charge in [-0.1, -0.05) is 174 Å². The van der Waals surface area contributed by atoms with Crippen LogP contribution in [0.2, 0.25) is 48.4 Å². The number of rotatable bonds is 8. The summed E-state index contributed by atoms with van der Waals surface area (Å²) < 4.78 is 84.1. The van der Waals surface area contributed by atoms with Crippen LogP contribution in [-0.2, 0) is 49.4 Å². The molecule has 0 N–H and O–H groups in total. The maximum atomic E-state index is 7.01. The standard InChI is InChI=1S/C16H40O12Si8.16CH4/c1-9-29-17-30(10-2)20-33(13-5)22-31(11-3,18-29)24-35(15-7)25-32(12-4,19-29)23-34(14-6,21-30)27-36(16-8,26-33)28-35;;;;;;;;;;;;;;;;/h9-16H2,1-8H3;16*1H4. The molecule has 52 heavy (non-hydrogen) atoms. The first-order valence-corrected chi connectivity index (χ1v) is 28.8. The molecule has 0 spiro atoms. The van der Waals surface area contributed by atoms with Gasteiger partial charge in [-0.05, 0) is 0 Å². The van der Waals surface area contributed by atoms with Gasteiger partial charge in [0.2, 0.25) is 0 Å². The van der Waals surface area contributed by atoms with E-state index >= 15 is 0 Å². The molecule has 12 nitrogen and oxygen atoms in total. The molecule has 0 aromatic heterocycles. The van der Waals surface area contributed by atoms with Crippen molar-refractivity contribution in [1.29, 1.82) is 0 Å². The Labute approximate surface area is 340 Å². The molecule has 0 radical (unpaired) electrons. The summed E-state index contributed by atoms with van der Waals surface area (Å²) in [5.74, 6) is 0. The van der Waals surface area contributed by atoms with Gasteiger partial charge in [0, 0.05) is 48.4 Å². The van der Waals surface area contributed by atoms with Crippen LogP contribution in [0.25, 0.3) is 0 Å². The smallest absolute Gasteiger partial charge is 0.373 e. The highest BCUT2D eigenvalue weighted by Gasteiger charge is 2.81. The van der Waals surface area contributed by atoms with Crippen molar-refractivity contribution < 1.29 is 49.4 Å². The molecule has 6 rings (SSSR count). The molecule has 6 heterocycles. The minimum absolute atomic E-state index is 0. The molecule has 0 atom stereocenters. The van der Waals surface area contributed by atoms with Gasteiger partial charge in [0.15, 0.2) is 0 Å². The Morgan fingerprint density at radius 1 is 0.173 bits per heavy atom. The minimum atomic E-state index is -3.53. The summed E-state index contributed by atoms with van der Waals surface area (Å²) in [4.78, 5) is 0. The molecule has 336 valence electrons. The van der Waals surface area contributed by atoms with Gasteiger partial charge in [0.1, 0.15) is 0 Å². The summed E-state index contributed by atoms with van der Waals surface area (Å²) in [6, 6.07) is 3.74. The Morgan fingerprint density at radius 3 is 0.269 bits per heavy atom. The van der Waals surface area contributed by atoms with Crippen molar-refractivity contribution in [3.63, 3.8) is 0 Å². The molecule has 6 aliphatic rings. The van der Waals surface area contributed by atoms with Crippen molar-refractivity contribution in [2.45, 2.75) is 223 Å². The van der Waals surface area contributed by atoms with Crippen LogP contribution in [0.1, 0.15) is 174 Å². The summed E-state index contributed by atoms with van der Waals surface area (Å²) in [5.41, 5.74) is 0. The van der Waals surface area contributed by atoms with E-state index in [1.54, 1.807) is 0 Å². The fourth-order valence-electron chi connectivity index (χ4n) is 5.08. The largest absolute Gasteiger partial charge is 0.478 e. The maximum absolute atomic E-state index is 7.01. The van der Waals surface area contributed by atoms with E-state index in [2.05, 4.69) is 0 Å². The summed E-state index contributed by atoms with van der Waals surface area (Å²) in [5, 5.41) is 0. The topological polar surface area (TPSA) is 111 Å². The van der Waals surface area contributed by atoms with E-state index in [0.717, 1.165) is 0 Å². The molecule has 0 aliphatic carbocycles. The third kappa shape index (κ3) is 13.7. The van der Waals surface area contributed by atoms with E-state index in [1.807, 2.05) is 55.4 Å². The molecule has 6 fully saturated rings. The monoisotopic (exact) mass is 905 g/mol. The second-order valence-electron chi connectivity index (χ2n) is 9.52. The van der Waals surface area contributed by atoms with Crippen LogP contribution in [-0.4, -0.2) is 70.4 Å². The molecule has 0 aromatic rings. The molecular formula is C32H104O12Si8. The summed E-state index contributed by atoms with van der Waals surface area (Å²) in [6.45, 7) is 15.9. The normalized spacial score (nSPS) is 37.4. The second-order valence-corrected chi connectivity index (χ2v) is 35.9. The molecule has 0 aromatic carbocycles. The predicted molar refractivity (Wildman–Crippen MR) is 251 cm³/mol. The molecule has 0 unspecified atom stereocenters. The van der Waals surface area contributed by atoms with Crippen LogP contribution in [0.3, 0.4) is 0 Å². The zero-order valence-corrected chi connectivity index (χ0v) is 30.6. The fraction of sp³-hybridized carbons (Fsp3) is 1.00. The minimum Gasteiger partial charge on any atom is -0.373 e. The van der Waals surface area contributed by atoms with Gasteiger partial charge in [-0.3, -0.25) is 0 Å². The van der Waals surface area contributed by atoms with E-state index in [1.165, 1.54) is 0 Å². The van der Waals surface area contributed by atoms with Crippen LogP contribution >= 0.6 is 0 Å². The molecular weight excluding hydrogens is 801 g/mol. The summed E-state index contributed by atoms with van der Waals surface area (Å²) >= 11 is 0. The van der Waals surface area contributed by atoms with Crippen molar-refractivity contribution in [3.8, 4) is 0 Å². The van der Waals surface area contributed by atoms with Crippen LogP contribution in [0.5, 0.6) is 0 Å². The first-order chi connectivity index (χ1) is 17.0. The van der Waals surface area contributed by atoms with Crippen molar-refractivity contribution in [1.82, 2.24) is 0 Å². The van der Waals surface area contributed by atoms with Crippen molar-refractivity contribution in [2.24, 2.45) is 0 Å². The van der Waals surface area contributed by atoms with Gasteiger partial charge in [-0.15, -0.1) is 0 Å². The maximum Gasteiger partial charge on any atom is 0.478 e. The fourth-order valence-corrected chi connectivity index (χ4v) is 54.7. The van der Waals surface area contributed by atoms with Gasteiger partial charge >= 0.3 is 70.4 Å². The molecule has 8 bridgehead atoms. The van der Waals surface area contributed by atoms with E-state index < -0.39 is 70.4 Å². The highest BCUT2D eigenvalue weighted by Crippen LogP contribution is 2.52. The van der Waals surface area contributed by atoms with Gasteiger partial charge < -0.3 is 49.4 Å². The Morgan fingerprint density at radius 2 is 0.231 bits per heavy atom. The van der Waals surface area contributed by atoms with E-state index in [-0.39, 0.29) is 119 Å². The van der Waals surface area contributed by atoms with Crippen LogP contribution < -0.4 is 0 Å². The second kappa shape index (κ2) is 28.6. The van der Waals surface area contributed by atoms with Crippen LogP contribution in [0.4, 0.5) is 0 Å². The lowest BCUT2D eigenvalue weighted by Gasteiger charge is -2.62. The van der Waals surface area contributed by atoms with E-state index in [4.69, 9.17) is 49.4 Å². The molecule has 0 saturated carbocycles. The first kappa shape index (κ1) is 85.4. The highest BCUT2D eigenvalue weighted by atomic mass is 28.6. The number of hydrogen-bond acceptors (Lipinski definition) is 12.